The molecule has 2 aromatic carbocycles. The first-order valence-electron chi connectivity index (χ1n) is 14.7. The van der Waals surface area contributed by atoms with Crippen LogP contribution in [-0.2, 0) is 16.0 Å². The van der Waals surface area contributed by atoms with Crippen LogP contribution in [0, 0.1) is 0 Å². The lowest BCUT2D eigenvalue weighted by Crippen LogP contribution is -2.28. The average molecular weight is 570 g/mol. The third kappa shape index (κ3) is 10.6. The lowest BCUT2D eigenvalue weighted by atomic mass is 9.85. The molecule has 41 heavy (non-hydrogen) atoms. The number of halogens is 3. The second-order valence-corrected chi connectivity index (χ2v) is 10.7. The molecule has 222 valence electrons. The summed E-state index contributed by atoms with van der Waals surface area (Å²) in [7, 11) is 0. The van der Waals surface area contributed by atoms with Crippen LogP contribution in [-0.4, -0.2) is 34.9 Å². The summed E-state index contributed by atoms with van der Waals surface area (Å²) in [5, 5.41) is 9.17. The Labute approximate surface area is 242 Å². The van der Waals surface area contributed by atoms with Crippen LogP contribution in [0.1, 0.15) is 88.8 Å². The Morgan fingerprint density at radius 2 is 1.66 bits per heavy atom. The normalized spacial score (nSPS) is 13.2. The van der Waals surface area contributed by atoms with Crippen LogP contribution in [0.15, 0.2) is 66.9 Å². The van der Waals surface area contributed by atoms with Gasteiger partial charge in [0, 0.05) is 30.5 Å². The molecular weight excluding hydrogens is 527 g/mol. The molecule has 0 aliphatic carbocycles. The number of ether oxygens (including phenoxy) is 1. The van der Waals surface area contributed by atoms with Gasteiger partial charge in [-0.1, -0.05) is 80.8 Å². The van der Waals surface area contributed by atoms with Crippen LogP contribution in [0.3, 0.4) is 0 Å². The Morgan fingerprint density at radius 3 is 2.32 bits per heavy atom. The molecular formula is C34H42F3NO3. The topological polar surface area (TPSA) is 59.4 Å². The fourth-order valence-corrected chi connectivity index (χ4v) is 5.05. The number of aryl methyl sites for hydroxylation is 1. The van der Waals surface area contributed by atoms with Gasteiger partial charge in [-0.2, -0.15) is 13.2 Å². The number of carbonyl (C=O) groups is 1. The average Bonchev–Trinajstić information content (AvgIpc) is 2.96. The SMILES string of the molecule is CCCCCCc1ccc(-c2cc(C(CCCOC(C)C(F)(F)F)CCCC(=O)O)ccc2-c2ccccc2)cn1. The molecule has 0 fully saturated rings. The van der Waals surface area contributed by atoms with Gasteiger partial charge in [-0.25, -0.2) is 0 Å². The van der Waals surface area contributed by atoms with E-state index in [2.05, 4.69) is 49.4 Å². The molecule has 0 bridgehead atoms. The first-order chi connectivity index (χ1) is 19.7. The largest absolute Gasteiger partial charge is 0.481 e. The highest BCUT2D eigenvalue weighted by Crippen LogP contribution is 2.37. The Kier molecular flexibility index (Phi) is 12.9. The number of aliphatic carboxylic acids is 1. The summed E-state index contributed by atoms with van der Waals surface area (Å²) < 4.78 is 43.6. The fraction of sp³-hybridized carbons (Fsp3) is 0.471. The third-order valence-corrected chi connectivity index (χ3v) is 7.49. The maximum atomic E-state index is 12.9. The smallest absolute Gasteiger partial charge is 0.414 e. The standard InChI is InChI=1S/C34H42F3NO3/c1-3-4-5-9-16-30-20-18-29(24-38-30)32-23-28(19-21-31(32)27-12-7-6-8-13-27)26(14-10-17-33(39)40)15-11-22-41-25(2)34(35,36)37/h6-8,12-13,18-21,23-26H,3-5,9-11,14-17,22H2,1-2H3,(H,39,40). The molecule has 2 atom stereocenters. The van der Waals surface area contributed by atoms with Crippen LogP contribution in [0.5, 0.6) is 0 Å². The number of hydrogen-bond acceptors (Lipinski definition) is 3. The Balaban J connectivity index is 1.87. The monoisotopic (exact) mass is 569 g/mol. The summed E-state index contributed by atoms with van der Waals surface area (Å²) in [5.41, 5.74) is 6.28. The van der Waals surface area contributed by atoms with Crippen molar-refractivity contribution in [2.75, 3.05) is 6.61 Å². The van der Waals surface area contributed by atoms with Gasteiger partial charge in [0.25, 0.3) is 0 Å². The van der Waals surface area contributed by atoms with Gasteiger partial charge in [0.2, 0.25) is 0 Å². The van der Waals surface area contributed by atoms with E-state index in [4.69, 9.17) is 9.72 Å². The Bertz CT molecular complexity index is 1200. The zero-order chi connectivity index (χ0) is 29.7. The second kappa shape index (κ2) is 16.3. The van der Waals surface area contributed by atoms with Gasteiger partial charge in [0.05, 0.1) is 0 Å². The molecule has 1 heterocycles. The number of carboxylic acids is 1. The van der Waals surface area contributed by atoms with Gasteiger partial charge in [-0.3, -0.25) is 9.78 Å². The van der Waals surface area contributed by atoms with Gasteiger partial charge in [0.1, 0.15) is 0 Å². The summed E-state index contributed by atoms with van der Waals surface area (Å²) in [6, 6.07) is 20.6. The molecule has 7 heteroatoms. The van der Waals surface area contributed by atoms with Crippen LogP contribution < -0.4 is 0 Å². The van der Waals surface area contributed by atoms with Crippen LogP contribution >= 0.6 is 0 Å². The lowest BCUT2D eigenvalue weighted by molar-refractivity contribution is -0.214. The van der Waals surface area contributed by atoms with Crippen molar-refractivity contribution in [3.05, 3.63) is 78.1 Å². The highest BCUT2D eigenvalue weighted by Gasteiger charge is 2.36. The molecule has 0 spiro atoms. The number of nitrogens with zero attached hydrogens (tertiary/aromatic N) is 1. The molecule has 0 amide bonds. The van der Waals surface area contributed by atoms with Gasteiger partial charge in [-0.05, 0) is 79.7 Å². The van der Waals surface area contributed by atoms with E-state index in [0.29, 0.717) is 25.7 Å². The molecule has 0 radical (unpaired) electrons. The van der Waals surface area contributed by atoms with E-state index in [0.717, 1.165) is 53.3 Å². The maximum absolute atomic E-state index is 12.9. The quantitative estimate of drug-likeness (QED) is 0.164. The van der Waals surface area contributed by atoms with E-state index in [9.17, 15) is 23.1 Å². The number of carboxylic acid groups (broad SMARTS) is 1. The van der Waals surface area contributed by atoms with E-state index in [-0.39, 0.29) is 18.9 Å². The van der Waals surface area contributed by atoms with Crippen molar-refractivity contribution in [2.24, 2.45) is 0 Å². The number of alkyl halides is 3. The Morgan fingerprint density at radius 1 is 0.902 bits per heavy atom. The van der Waals surface area contributed by atoms with Crippen LogP contribution in [0.25, 0.3) is 22.3 Å². The van der Waals surface area contributed by atoms with Gasteiger partial charge < -0.3 is 9.84 Å². The van der Waals surface area contributed by atoms with E-state index < -0.39 is 18.2 Å². The zero-order valence-corrected chi connectivity index (χ0v) is 24.1. The molecule has 4 nitrogen and oxygen atoms in total. The summed E-state index contributed by atoms with van der Waals surface area (Å²) in [6.45, 7) is 3.21. The Hall–Kier alpha value is -3.19. The van der Waals surface area contributed by atoms with Gasteiger partial charge in [-0.15, -0.1) is 0 Å². The fourth-order valence-electron chi connectivity index (χ4n) is 5.05. The van der Waals surface area contributed by atoms with Crippen molar-refractivity contribution in [3.63, 3.8) is 0 Å². The highest BCUT2D eigenvalue weighted by molar-refractivity contribution is 5.83. The minimum Gasteiger partial charge on any atom is -0.481 e. The van der Waals surface area contributed by atoms with Gasteiger partial charge >= 0.3 is 12.1 Å². The molecule has 1 aromatic heterocycles. The summed E-state index contributed by atoms with van der Waals surface area (Å²) in [5.74, 6) is -0.861. The molecule has 0 aliphatic rings. The summed E-state index contributed by atoms with van der Waals surface area (Å²) in [6.07, 6.45) is 3.63. The minimum absolute atomic E-state index is 0.00526. The first-order valence-corrected chi connectivity index (χ1v) is 14.7. The molecule has 0 saturated carbocycles. The molecule has 0 saturated heterocycles. The van der Waals surface area contributed by atoms with Crippen molar-refractivity contribution < 1.29 is 27.8 Å². The third-order valence-electron chi connectivity index (χ3n) is 7.49. The number of aromatic nitrogens is 1. The maximum Gasteiger partial charge on any atom is 0.414 e. The van der Waals surface area contributed by atoms with Crippen molar-refractivity contribution in [1.29, 1.82) is 0 Å². The number of pyridine rings is 1. The van der Waals surface area contributed by atoms with Crippen molar-refractivity contribution >= 4 is 5.97 Å². The first kappa shape index (κ1) is 32.3. The van der Waals surface area contributed by atoms with E-state index >= 15 is 0 Å². The van der Waals surface area contributed by atoms with Crippen LogP contribution in [0.2, 0.25) is 0 Å². The predicted molar refractivity (Wildman–Crippen MR) is 158 cm³/mol. The summed E-state index contributed by atoms with van der Waals surface area (Å²) >= 11 is 0. The molecule has 1 N–H and O–H groups in total. The zero-order valence-electron chi connectivity index (χ0n) is 24.1. The predicted octanol–water partition coefficient (Wildman–Crippen LogP) is 9.62. The minimum atomic E-state index is -4.39. The second-order valence-electron chi connectivity index (χ2n) is 10.7. The molecule has 0 aliphatic heterocycles. The number of rotatable bonds is 17. The van der Waals surface area contributed by atoms with Gasteiger partial charge in [0.15, 0.2) is 6.10 Å². The van der Waals surface area contributed by atoms with Crippen molar-refractivity contribution in [2.45, 2.75) is 96.3 Å². The molecule has 3 rings (SSSR count). The van der Waals surface area contributed by atoms with E-state index in [1.54, 1.807) is 0 Å². The van der Waals surface area contributed by atoms with E-state index in [1.807, 2.05) is 24.4 Å². The van der Waals surface area contributed by atoms with Crippen molar-refractivity contribution in [3.8, 4) is 22.3 Å². The van der Waals surface area contributed by atoms with Crippen LogP contribution in [0.4, 0.5) is 13.2 Å². The molecule has 3 aromatic rings. The lowest BCUT2D eigenvalue weighted by Gasteiger charge is -2.21. The summed E-state index contributed by atoms with van der Waals surface area (Å²) in [4.78, 5) is 15.9. The molecule has 2 unspecified atom stereocenters. The van der Waals surface area contributed by atoms with Crippen molar-refractivity contribution in [1.82, 2.24) is 4.98 Å². The number of hydrogen-bond donors (Lipinski definition) is 1. The highest BCUT2D eigenvalue weighted by atomic mass is 19.4. The number of benzene rings is 2. The number of unbranched alkanes of at least 4 members (excludes halogenated alkanes) is 3. The van der Waals surface area contributed by atoms with E-state index in [1.165, 1.54) is 19.3 Å².